The van der Waals surface area contributed by atoms with E-state index in [1.54, 1.807) is 16.7 Å². The molecule has 0 aromatic carbocycles. The molecule has 4 heterocycles. The molecule has 1 aromatic rings. The number of anilines is 1. The molecule has 74 valence electrons. The summed E-state index contributed by atoms with van der Waals surface area (Å²) in [5.41, 5.74) is 1.65. The van der Waals surface area contributed by atoms with E-state index in [1.807, 2.05) is 0 Å². The Morgan fingerprint density at radius 1 is 1.50 bits per heavy atom. The number of rotatable bonds is 1. The number of hydrogen-bond acceptors (Lipinski definition) is 3. The lowest BCUT2D eigenvalue weighted by molar-refractivity contribution is 0.0695. The van der Waals surface area contributed by atoms with Crippen LogP contribution in [0, 0.1) is 0 Å². The molecule has 3 nitrogen and oxygen atoms in total. The van der Waals surface area contributed by atoms with Crippen LogP contribution in [-0.4, -0.2) is 24.2 Å². The molecule has 0 spiro atoms. The molecule has 14 heavy (non-hydrogen) atoms. The first kappa shape index (κ1) is 8.29. The van der Waals surface area contributed by atoms with E-state index in [0.717, 1.165) is 31.5 Å². The van der Waals surface area contributed by atoms with Gasteiger partial charge in [-0.2, -0.15) is 0 Å². The molecule has 0 unspecified atom stereocenters. The fourth-order valence-corrected chi connectivity index (χ4v) is 3.73. The Morgan fingerprint density at radius 2 is 2.21 bits per heavy atom. The second-order valence-electron chi connectivity index (χ2n) is 3.93. The highest BCUT2D eigenvalue weighted by molar-refractivity contribution is 7.14. The average molecular weight is 209 g/mol. The zero-order chi connectivity index (χ0) is 9.71. The number of nitrogens with zero attached hydrogens (tertiary/aromatic N) is 1. The summed E-state index contributed by atoms with van der Waals surface area (Å²) in [5, 5.41) is 12.1. The molecule has 0 atom stereocenters. The minimum absolute atomic E-state index is 0.507. The third-order valence-corrected chi connectivity index (χ3v) is 4.28. The number of carboxylic acids is 1. The quantitative estimate of drug-likeness (QED) is 0.770. The van der Waals surface area contributed by atoms with Crippen molar-refractivity contribution in [3.8, 4) is 0 Å². The molecule has 1 N–H and O–H groups in total. The first-order valence-electron chi connectivity index (χ1n) is 4.87. The Kier molecular flexibility index (Phi) is 1.62. The van der Waals surface area contributed by atoms with Gasteiger partial charge >= 0.3 is 5.97 Å². The first-order chi connectivity index (χ1) is 6.77. The Bertz CT molecular complexity index is 391. The van der Waals surface area contributed by atoms with Crippen molar-refractivity contribution >= 4 is 22.3 Å². The van der Waals surface area contributed by atoms with Gasteiger partial charge in [0.15, 0.2) is 0 Å². The normalized spacial score (nSPS) is 19.9. The molecule has 0 radical (unpaired) electrons. The molecular weight excluding hydrogens is 198 g/mol. The minimum Gasteiger partial charge on any atom is -0.478 e. The average Bonchev–Trinajstić information content (AvgIpc) is 2.65. The monoisotopic (exact) mass is 209 g/mol. The lowest BCUT2D eigenvalue weighted by Gasteiger charge is -2.40. The van der Waals surface area contributed by atoms with Crippen LogP contribution in [0.4, 0.5) is 5.00 Å². The van der Waals surface area contributed by atoms with Crippen LogP contribution in [0.1, 0.15) is 34.7 Å². The second kappa shape index (κ2) is 2.73. The van der Waals surface area contributed by atoms with Gasteiger partial charge in [-0.3, -0.25) is 0 Å². The number of hydrogen-bond donors (Lipinski definition) is 1. The molecule has 2 bridgehead atoms. The molecule has 4 heteroatoms. The van der Waals surface area contributed by atoms with E-state index < -0.39 is 5.97 Å². The van der Waals surface area contributed by atoms with E-state index in [4.69, 9.17) is 5.11 Å². The third kappa shape index (κ3) is 0.945. The number of fused-ring (bicyclic) bond motifs is 2. The summed E-state index contributed by atoms with van der Waals surface area (Å²) in [6, 6.07) is 0. The maximum atomic E-state index is 11.0. The topological polar surface area (TPSA) is 40.5 Å². The van der Waals surface area contributed by atoms with Crippen molar-refractivity contribution in [3.63, 3.8) is 0 Å². The summed E-state index contributed by atoms with van der Waals surface area (Å²) >= 11 is 1.59. The van der Waals surface area contributed by atoms with Crippen LogP contribution in [0.3, 0.4) is 0 Å². The van der Waals surface area contributed by atoms with Gasteiger partial charge in [0, 0.05) is 24.0 Å². The summed E-state index contributed by atoms with van der Waals surface area (Å²) < 4.78 is 0. The summed E-state index contributed by atoms with van der Waals surface area (Å²) in [5.74, 6) is -0.261. The summed E-state index contributed by atoms with van der Waals surface area (Å²) in [6.45, 7) is 2.22. The van der Waals surface area contributed by atoms with E-state index in [0.29, 0.717) is 11.5 Å². The van der Waals surface area contributed by atoms with E-state index in [-0.39, 0.29) is 0 Å². The van der Waals surface area contributed by atoms with Crippen LogP contribution >= 0.6 is 11.3 Å². The maximum Gasteiger partial charge on any atom is 0.336 e. The Hall–Kier alpha value is -1.03. The van der Waals surface area contributed by atoms with Gasteiger partial charge in [-0.1, -0.05) is 0 Å². The summed E-state index contributed by atoms with van der Waals surface area (Å²) in [7, 11) is 0. The molecule has 0 saturated carbocycles. The van der Waals surface area contributed by atoms with Crippen LogP contribution in [0.2, 0.25) is 0 Å². The molecule has 0 amide bonds. The smallest absolute Gasteiger partial charge is 0.336 e. The highest BCUT2D eigenvalue weighted by Crippen LogP contribution is 2.47. The highest BCUT2D eigenvalue weighted by atomic mass is 32.1. The van der Waals surface area contributed by atoms with Crippen LogP contribution in [-0.2, 0) is 0 Å². The lowest BCUT2D eigenvalue weighted by Crippen LogP contribution is -2.38. The zero-order valence-corrected chi connectivity index (χ0v) is 8.51. The number of piperidine rings is 1. The molecule has 0 aliphatic carbocycles. The van der Waals surface area contributed by atoms with Crippen LogP contribution in [0.25, 0.3) is 0 Å². The minimum atomic E-state index is -0.767. The van der Waals surface area contributed by atoms with Gasteiger partial charge in [0.2, 0.25) is 0 Å². The predicted molar refractivity (Wildman–Crippen MR) is 55.5 cm³/mol. The van der Waals surface area contributed by atoms with Crippen molar-refractivity contribution in [2.24, 2.45) is 0 Å². The summed E-state index contributed by atoms with van der Waals surface area (Å²) in [4.78, 5) is 13.3. The molecule has 1 aromatic heterocycles. The van der Waals surface area contributed by atoms with Crippen LogP contribution in [0.5, 0.6) is 0 Å². The molecular formula is C10H11NO2S. The van der Waals surface area contributed by atoms with E-state index in [2.05, 4.69) is 4.90 Å². The van der Waals surface area contributed by atoms with Gasteiger partial charge in [-0.25, -0.2) is 4.79 Å². The Morgan fingerprint density at radius 3 is 2.86 bits per heavy atom. The van der Waals surface area contributed by atoms with Gasteiger partial charge in [0.05, 0.1) is 10.6 Å². The van der Waals surface area contributed by atoms with E-state index in [1.165, 1.54) is 5.00 Å². The first-order valence-corrected chi connectivity index (χ1v) is 5.75. The Balaban J connectivity index is 2.17. The van der Waals surface area contributed by atoms with Crippen LogP contribution in [0.15, 0.2) is 5.38 Å². The van der Waals surface area contributed by atoms with Crippen molar-refractivity contribution in [1.29, 1.82) is 0 Å². The van der Waals surface area contributed by atoms with Crippen molar-refractivity contribution in [2.45, 2.75) is 18.8 Å². The fraction of sp³-hybridized carbons (Fsp3) is 0.500. The Labute approximate surface area is 86.0 Å². The predicted octanol–water partition coefficient (Wildman–Crippen LogP) is 2.14. The molecule has 1 fully saturated rings. The SMILES string of the molecule is O=C(O)c1csc2c1C1CCN2CC1. The van der Waals surface area contributed by atoms with Gasteiger partial charge in [0.25, 0.3) is 0 Å². The third-order valence-electron chi connectivity index (χ3n) is 3.23. The number of carboxylic acid groups (broad SMARTS) is 1. The van der Waals surface area contributed by atoms with Gasteiger partial charge in [0.1, 0.15) is 0 Å². The van der Waals surface area contributed by atoms with Crippen LogP contribution < -0.4 is 4.90 Å². The molecule has 3 aliphatic heterocycles. The number of thiophene rings is 1. The van der Waals surface area contributed by atoms with E-state index >= 15 is 0 Å². The van der Waals surface area contributed by atoms with Gasteiger partial charge in [-0.15, -0.1) is 11.3 Å². The number of aromatic carboxylic acids is 1. The zero-order valence-electron chi connectivity index (χ0n) is 7.69. The van der Waals surface area contributed by atoms with Crippen molar-refractivity contribution < 1.29 is 9.90 Å². The lowest BCUT2D eigenvalue weighted by atomic mass is 9.84. The van der Waals surface area contributed by atoms with Crippen molar-refractivity contribution in [2.75, 3.05) is 18.0 Å². The highest BCUT2D eigenvalue weighted by Gasteiger charge is 2.35. The molecule has 4 rings (SSSR count). The molecule has 3 aliphatic rings. The largest absolute Gasteiger partial charge is 0.478 e. The van der Waals surface area contributed by atoms with E-state index in [9.17, 15) is 4.79 Å². The standard InChI is InChI=1S/C10H11NO2S/c12-10(13)7-5-14-9-8(7)6-1-3-11(9)4-2-6/h5-6H,1-4H2,(H,12,13). The summed E-state index contributed by atoms with van der Waals surface area (Å²) in [6.07, 6.45) is 2.26. The molecule has 1 saturated heterocycles. The van der Waals surface area contributed by atoms with Crippen molar-refractivity contribution in [1.82, 2.24) is 0 Å². The maximum absolute atomic E-state index is 11.0. The second-order valence-corrected chi connectivity index (χ2v) is 4.79. The number of carbonyl (C=O) groups is 1. The van der Waals surface area contributed by atoms with Gasteiger partial charge < -0.3 is 10.0 Å². The van der Waals surface area contributed by atoms with Gasteiger partial charge in [-0.05, 0) is 18.8 Å². The fourth-order valence-electron chi connectivity index (χ4n) is 2.53. The van der Waals surface area contributed by atoms with Crippen molar-refractivity contribution in [3.05, 3.63) is 16.5 Å².